The second-order valence-corrected chi connectivity index (χ2v) is 8.30. The van der Waals surface area contributed by atoms with Gasteiger partial charge in [0.2, 0.25) is 0 Å². The highest BCUT2D eigenvalue weighted by Gasteiger charge is 2.54. The van der Waals surface area contributed by atoms with Crippen LogP contribution in [0.25, 0.3) is 0 Å². The Morgan fingerprint density at radius 3 is 2.20 bits per heavy atom. The van der Waals surface area contributed by atoms with Gasteiger partial charge in [0.05, 0.1) is 11.7 Å². The van der Waals surface area contributed by atoms with E-state index < -0.39 is 0 Å². The summed E-state index contributed by atoms with van der Waals surface area (Å²) in [6.45, 7) is 15.8. The number of epoxide rings is 1. The third-order valence-electron chi connectivity index (χ3n) is 6.76. The van der Waals surface area contributed by atoms with Crippen LogP contribution in [0.15, 0.2) is 0 Å². The topological polar surface area (TPSA) is 27.8 Å². The highest BCUT2D eigenvalue weighted by Crippen LogP contribution is 2.48. The van der Waals surface area contributed by atoms with Crippen LogP contribution in [-0.2, 0) is 4.74 Å². The SMILES string of the molecule is CC1OC12CCN(CC(C)(C)C1(C)CCNCC1)CC2. The third kappa shape index (κ3) is 2.53. The lowest BCUT2D eigenvalue weighted by Gasteiger charge is -2.50. The van der Waals surface area contributed by atoms with Crippen molar-refractivity contribution in [3.8, 4) is 0 Å². The molecule has 0 amide bonds. The van der Waals surface area contributed by atoms with E-state index in [0.29, 0.717) is 16.9 Å². The van der Waals surface area contributed by atoms with Crippen LogP contribution < -0.4 is 5.32 Å². The zero-order valence-corrected chi connectivity index (χ0v) is 13.8. The van der Waals surface area contributed by atoms with Gasteiger partial charge in [-0.05, 0) is 56.5 Å². The van der Waals surface area contributed by atoms with Gasteiger partial charge in [-0.3, -0.25) is 0 Å². The van der Waals surface area contributed by atoms with Crippen molar-refractivity contribution in [1.29, 1.82) is 0 Å². The van der Waals surface area contributed by atoms with Crippen LogP contribution >= 0.6 is 0 Å². The molecule has 3 heterocycles. The number of hydrogen-bond donors (Lipinski definition) is 1. The van der Waals surface area contributed by atoms with Gasteiger partial charge in [-0.2, -0.15) is 0 Å². The molecule has 20 heavy (non-hydrogen) atoms. The zero-order chi connectivity index (χ0) is 14.4. The van der Waals surface area contributed by atoms with Gasteiger partial charge in [0.15, 0.2) is 0 Å². The lowest BCUT2D eigenvalue weighted by molar-refractivity contribution is 0.00460. The maximum Gasteiger partial charge on any atom is 0.0969 e. The average molecular weight is 280 g/mol. The summed E-state index contributed by atoms with van der Waals surface area (Å²) >= 11 is 0. The van der Waals surface area contributed by atoms with Gasteiger partial charge in [0.1, 0.15) is 0 Å². The van der Waals surface area contributed by atoms with Gasteiger partial charge in [-0.1, -0.05) is 20.8 Å². The molecule has 3 aliphatic rings. The highest BCUT2D eigenvalue weighted by atomic mass is 16.6. The largest absolute Gasteiger partial charge is 0.366 e. The monoisotopic (exact) mass is 280 g/mol. The number of hydrogen-bond acceptors (Lipinski definition) is 3. The maximum atomic E-state index is 5.82. The van der Waals surface area contributed by atoms with Crippen molar-refractivity contribution >= 4 is 0 Å². The van der Waals surface area contributed by atoms with E-state index in [1.54, 1.807) is 0 Å². The number of nitrogens with zero attached hydrogens (tertiary/aromatic N) is 1. The van der Waals surface area contributed by atoms with E-state index >= 15 is 0 Å². The van der Waals surface area contributed by atoms with E-state index in [1.807, 2.05) is 0 Å². The molecule has 3 heteroatoms. The predicted octanol–water partition coefficient (Wildman–Crippen LogP) is 2.66. The van der Waals surface area contributed by atoms with Crippen molar-refractivity contribution in [1.82, 2.24) is 10.2 Å². The van der Waals surface area contributed by atoms with Gasteiger partial charge in [-0.25, -0.2) is 0 Å². The second-order valence-electron chi connectivity index (χ2n) is 8.30. The van der Waals surface area contributed by atoms with Crippen LogP contribution in [0.4, 0.5) is 0 Å². The molecular formula is C17H32N2O. The fraction of sp³-hybridized carbons (Fsp3) is 1.00. The Morgan fingerprint density at radius 1 is 1.15 bits per heavy atom. The summed E-state index contributed by atoms with van der Waals surface area (Å²) in [6, 6.07) is 0. The fourth-order valence-electron chi connectivity index (χ4n) is 4.34. The Kier molecular flexibility index (Phi) is 3.67. The van der Waals surface area contributed by atoms with Crippen LogP contribution in [0.2, 0.25) is 0 Å². The number of piperidine rings is 2. The lowest BCUT2D eigenvalue weighted by atomic mass is 9.61. The number of ether oxygens (including phenoxy) is 1. The summed E-state index contributed by atoms with van der Waals surface area (Å²) in [5.74, 6) is 0. The summed E-state index contributed by atoms with van der Waals surface area (Å²) in [5, 5.41) is 3.51. The maximum absolute atomic E-state index is 5.82. The molecule has 1 atom stereocenters. The van der Waals surface area contributed by atoms with Crippen molar-refractivity contribution in [3.63, 3.8) is 0 Å². The second kappa shape index (κ2) is 4.96. The smallest absolute Gasteiger partial charge is 0.0969 e. The van der Waals surface area contributed by atoms with Crippen molar-refractivity contribution in [2.24, 2.45) is 10.8 Å². The molecule has 1 N–H and O–H groups in total. The van der Waals surface area contributed by atoms with E-state index in [0.717, 1.165) is 0 Å². The summed E-state index contributed by atoms with van der Waals surface area (Å²) in [6.07, 6.45) is 5.63. The Balaban J connectivity index is 1.56. The van der Waals surface area contributed by atoms with Gasteiger partial charge in [0.25, 0.3) is 0 Å². The summed E-state index contributed by atoms with van der Waals surface area (Å²) in [5.41, 5.74) is 1.16. The van der Waals surface area contributed by atoms with E-state index in [2.05, 4.69) is 37.9 Å². The molecule has 0 radical (unpaired) electrons. The molecule has 0 aromatic heterocycles. The predicted molar refractivity (Wildman–Crippen MR) is 82.9 cm³/mol. The Hall–Kier alpha value is -0.120. The molecule has 3 saturated heterocycles. The summed E-state index contributed by atoms with van der Waals surface area (Å²) in [7, 11) is 0. The molecule has 0 aliphatic carbocycles. The first kappa shape index (κ1) is 14.8. The molecule has 3 rings (SSSR count). The number of rotatable bonds is 3. The van der Waals surface area contributed by atoms with E-state index in [-0.39, 0.29) is 5.60 Å². The zero-order valence-electron chi connectivity index (χ0n) is 13.8. The Morgan fingerprint density at radius 2 is 1.70 bits per heavy atom. The van der Waals surface area contributed by atoms with Crippen molar-refractivity contribution in [2.75, 3.05) is 32.7 Å². The van der Waals surface area contributed by atoms with Crippen LogP contribution in [0, 0.1) is 10.8 Å². The average Bonchev–Trinajstić information content (AvgIpc) is 3.03. The first-order valence-electron chi connectivity index (χ1n) is 8.48. The molecule has 0 saturated carbocycles. The number of likely N-dealkylation sites (tertiary alicyclic amines) is 1. The molecule has 3 nitrogen and oxygen atoms in total. The molecule has 3 fully saturated rings. The highest BCUT2D eigenvalue weighted by molar-refractivity contribution is 5.04. The van der Waals surface area contributed by atoms with Gasteiger partial charge in [-0.15, -0.1) is 0 Å². The first-order valence-corrected chi connectivity index (χ1v) is 8.48. The van der Waals surface area contributed by atoms with Crippen molar-refractivity contribution in [2.45, 2.75) is 65.1 Å². The summed E-state index contributed by atoms with van der Waals surface area (Å²) in [4.78, 5) is 2.69. The van der Waals surface area contributed by atoms with Crippen LogP contribution in [-0.4, -0.2) is 49.3 Å². The molecule has 1 spiro atoms. The Bertz CT molecular complexity index is 352. The van der Waals surface area contributed by atoms with Crippen molar-refractivity contribution in [3.05, 3.63) is 0 Å². The minimum Gasteiger partial charge on any atom is -0.366 e. The quantitative estimate of drug-likeness (QED) is 0.806. The molecule has 3 aliphatic heterocycles. The number of nitrogens with one attached hydrogen (secondary N) is 1. The summed E-state index contributed by atoms with van der Waals surface area (Å²) < 4.78 is 5.82. The van der Waals surface area contributed by atoms with E-state index in [4.69, 9.17) is 4.74 Å². The third-order valence-corrected chi connectivity index (χ3v) is 6.76. The van der Waals surface area contributed by atoms with Crippen LogP contribution in [0.1, 0.15) is 53.4 Å². The minimum absolute atomic E-state index is 0.277. The normalized spacial score (nSPS) is 33.3. The standard InChI is InChI=1S/C17H32N2O/c1-14-17(20-14)7-11-19(12-8-17)13-15(2,3)16(4)5-9-18-10-6-16/h14,18H,5-13H2,1-4H3. The molecule has 0 bridgehead atoms. The molecule has 116 valence electrons. The lowest BCUT2D eigenvalue weighted by Crippen LogP contribution is -2.51. The van der Waals surface area contributed by atoms with E-state index in [1.165, 1.54) is 58.4 Å². The minimum atomic E-state index is 0.277. The van der Waals surface area contributed by atoms with Crippen molar-refractivity contribution < 1.29 is 4.74 Å². The molecular weight excluding hydrogens is 248 g/mol. The molecule has 1 unspecified atom stereocenters. The molecule has 0 aromatic rings. The molecule has 0 aromatic carbocycles. The van der Waals surface area contributed by atoms with E-state index in [9.17, 15) is 0 Å². The van der Waals surface area contributed by atoms with Gasteiger partial charge in [0, 0.05) is 19.6 Å². The van der Waals surface area contributed by atoms with Gasteiger partial charge < -0.3 is 15.0 Å². The Labute approximate surface area is 124 Å². The fourth-order valence-corrected chi connectivity index (χ4v) is 4.34. The van der Waals surface area contributed by atoms with Crippen LogP contribution in [0.3, 0.4) is 0 Å². The first-order chi connectivity index (χ1) is 9.37. The van der Waals surface area contributed by atoms with Gasteiger partial charge >= 0.3 is 0 Å². The van der Waals surface area contributed by atoms with Crippen LogP contribution in [0.5, 0.6) is 0 Å².